The molecule has 2 rings (SSSR count). The molecule has 0 saturated carbocycles. The van der Waals surface area contributed by atoms with Crippen LogP contribution in [-0.2, 0) is 24.3 Å². The maximum absolute atomic E-state index is 12.4. The molecule has 2 aromatic rings. The van der Waals surface area contributed by atoms with E-state index in [9.17, 15) is 18.0 Å². The fourth-order valence-electron chi connectivity index (χ4n) is 2.01. The topological polar surface area (TPSA) is 98.8 Å². The summed E-state index contributed by atoms with van der Waals surface area (Å²) >= 11 is 0.910. The van der Waals surface area contributed by atoms with E-state index >= 15 is 0 Å². The van der Waals surface area contributed by atoms with Gasteiger partial charge in [0, 0.05) is 7.11 Å². The van der Waals surface area contributed by atoms with Crippen molar-refractivity contribution in [2.75, 3.05) is 14.2 Å². The van der Waals surface area contributed by atoms with Gasteiger partial charge in [0.2, 0.25) is 0 Å². The van der Waals surface area contributed by atoms with Crippen LogP contribution in [0.25, 0.3) is 0 Å². The molecule has 0 spiro atoms. The average Bonchev–Trinajstić information content (AvgIpc) is 3.06. The standard InChI is InChI=1S/C15H15NO6S2/c1-21-12(10-6-4-3-5-7-10)14(17)16-24(19,20)11-8-9-23-13(11)15(18)22-2/h3-9,12H,1-2H3,(H,16,17)/t12-/m1/s1. The van der Waals surface area contributed by atoms with Crippen LogP contribution >= 0.6 is 11.3 Å². The zero-order chi connectivity index (χ0) is 17.7. The highest BCUT2D eigenvalue weighted by molar-refractivity contribution is 7.90. The van der Waals surface area contributed by atoms with Crippen molar-refractivity contribution in [3.8, 4) is 0 Å². The minimum absolute atomic E-state index is 0.105. The van der Waals surface area contributed by atoms with E-state index in [4.69, 9.17) is 4.74 Å². The van der Waals surface area contributed by atoms with Crippen LogP contribution in [0.3, 0.4) is 0 Å². The van der Waals surface area contributed by atoms with Crippen molar-refractivity contribution in [1.82, 2.24) is 4.72 Å². The molecule has 1 amide bonds. The van der Waals surface area contributed by atoms with E-state index < -0.39 is 28.0 Å². The van der Waals surface area contributed by atoms with Crippen molar-refractivity contribution in [3.05, 3.63) is 52.2 Å². The lowest BCUT2D eigenvalue weighted by atomic mass is 10.1. The Morgan fingerprint density at radius 1 is 1.12 bits per heavy atom. The molecule has 0 unspecified atom stereocenters. The minimum atomic E-state index is -4.24. The van der Waals surface area contributed by atoms with E-state index in [2.05, 4.69) is 4.74 Å². The van der Waals surface area contributed by atoms with Crippen molar-refractivity contribution >= 4 is 33.2 Å². The number of ether oxygens (including phenoxy) is 2. The summed E-state index contributed by atoms with van der Waals surface area (Å²) in [6, 6.07) is 9.69. The number of amides is 1. The van der Waals surface area contributed by atoms with E-state index in [0.717, 1.165) is 18.4 Å². The summed E-state index contributed by atoms with van der Waals surface area (Å²) < 4.78 is 36.4. The first-order valence-corrected chi connectivity index (χ1v) is 9.07. The lowest BCUT2D eigenvalue weighted by Crippen LogP contribution is -2.35. The Balaban J connectivity index is 2.27. The second-order valence-electron chi connectivity index (χ2n) is 4.60. The van der Waals surface area contributed by atoms with Crippen LogP contribution in [0.1, 0.15) is 21.3 Å². The largest absolute Gasteiger partial charge is 0.465 e. The van der Waals surface area contributed by atoms with Gasteiger partial charge in [0.05, 0.1) is 7.11 Å². The Morgan fingerprint density at radius 3 is 2.38 bits per heavy atom. The quantitative estimate of drug-likeness (QED) is 0.779. The van der Waals surface area contributed by atoms with E-state index in [-0.39, 0.29) is 9.77 Å². The lowest BCUT2D eigenvalue weighted by Gasteiger charge is -2.15. The summed E-state index contributed by atoms with van der Waals surface area (Å²) in [6.45, 7) is 0. The normalized spacial score (nSPS) is 12.4. The average molecular weight is 369 g/mol. The molecular formula is C15H15NO6S2. The molecule has 1 heterocycles. The van der Waals surface area contributed by atoms with Gasteiger partial charge in [-0.2, -0.15) is 0 Å². The predicted octanol–water partition coefficient (Wildman–Crippen LogP) is 1.73. The third-order valence-electron chi connectivity index (χ3n) is 3.10. The first-order valence-electron chi connectivity index (χ1n) is 6.71. The number of rotatable bonds is 6. The molecule has 0 aliphatic heterocycles. The Labute approximate surface area is 143 Å². The third-order valence-corrected chi connectivity index (χ3v) is 5.51. The maximum Gasteiger partial charge on any atom is 0.349 e. The molecule has 1 atom stereocenters. The van der Waals surface area contributed by atoms with Crippen LogP contribution in [0, 0.1) is 0 Å². The Morgan fingerprint density at radius 2 is 1.79 bits per heavy atom. The highest BCUT2D eigenvalue weighted by atomic mass is 32.2. The summed E-state index contributed by atoms with van der Waals surface area (Å²) in [5.41, 5.74) is 0.506. The number of carbonyl (C=O) groups is 2. The van der Waals surface area contributed by atoms with Gasteiger partial charge in [-0.25, -0.2) is 17.9 Å². The van der Waals surface area contributed by atoms with E-state index in [1.807, 2.05) is 4.72 Å². The summed E-state index contributed by atoms with van der Waals surface area (Å²) in [5, 5.41) is 1.43. The molecule has 0 bridgehead atoms. The molecule has 1 N–H and O–H groups in total. The fourth-order valence-corrected chi connectivity index (χ4v) is 4.33. The number of sulfonamides is 1. The Bertz CT molecular complexity index is 829. The highest BCUT2D eigenvalue weighted by Gasteiger charge is 2.29. The van der Waals surface area contributed by atoms with Gasteiger partial charge in [0.25, 0.3) is 15.9 Å². The summed E-state index contributed by atoms with van der Waals surface area (Å²) in [6.07, 6.45) is -1.10. The molecule has 1 aromatic heterocycles. The molecule has 0 fully saturated rings. The van der Waals surface area contributed by atoms with Crippen LogP contribution in [0.5, 0.6) is 0 Å². The summed E-state index contributed by atoms with van der Waals surface area (Å²) in [5.74, 6) is -1.64. The minimum Gasteiger partial charge on any atom is -0.465 e. The number of methoxy groups -OCH3 is 2. The first-order chi connectivity index (χ1) is 11.4. The molecule has 24 heavy (non-hydrogen) atoms. The Hall–Kier alpha value is -2.23. The second-order valence-corrected chi connectivity index (χ2v) is 7.17. The van der Waals surface area contributed by atoms with Crippen LogP contribution in [-0.4, -0.2) is 34.5 Å². The number of carbonyl (C=O) groups excluding carboxylic acids is 2. The van der Waals surface area contributed by atoms with Crippen molar-refractivity contribution in [1.29, 1.82) is 0 Å². The van der Waals surface area contributed by atoms with Gasteiger partial charge >= 0.3 is 5.97 Å². The molecule has 0 aliphatic rings. The van der Waals surface area contributed by atoms with Crippen LogP contribution < -0.4 is 4.72 Å². The van der Waals surface area contributed by atoms with Gasteiger partial charge in [-0.3, -0.25) is 4.79 Å². The second kappa shape index (κ2) is 7.56. The van der Waals surface area contributed by atoms with E-state index in [1.54, 1.807) is 30.3 Å². The molecule has 7 nitrogen and oxygen atoms in total. The molecule has 0 aliphatic carbocycles. The number of thiophene rings is 1. The van der Waals surface area contributed by atoms with Crippen molar-refractivity contribution < 1.29 is 27.5 Å². The third kappa shape index (κ3) is 3.81. The predicted molar refractivity (Wildman–Crippen MR) is 87.2 cm³/mol. The van der Waals surface area contributed by atoms with Crippen LogP contribution in [0.2, 0.25) is 0 Å². The number of benzene rings is 1. The van der Waals surface area contributed by atoms with Gasteiger partial charge in [-0.1, -0.05) is 30.3 Å². The molecule has 9 heteroatoms. The highest BCUT2D eigenvalue weighted by Crippen LogP contribution is 2.24. The van der Waals surface area contributed by atoms with Crippen molar-refractivity contribution in [2.45, 2.75) is 11.0 Å². The lowest BCUT2D eigenvalue weighted by molar-refractivity contribution is -0.129. The van der Waals surface area contributed by atoms with Gasteiger partial charge < -0.3 is 9.47 Å². The molecule has 0 radical (unpaired) electrons. The van der Waals surface area contributed by atoms with E-state index in [1.165, 1.54) is 18.6 Å². The number of hydrogen-bond donors (Lipinski definition) is 1. The summed E-state index contributed by atoms with van der Waals surface area (Å²) in [4.78, 5) is 23.5. The molecule has 0 saturated heterocycles. The SMILES string of the molecule is COC(=O)c1sccc1S(=O)(=O)NC(=O)[C@H](OC)c1ccccc1. The number of nitrogens with one attached hydrogen (secondary N) is 1. The molecular weight excluding hydrogens is 354 g/mol. The van der Waals surface area contributed by atoms with Crippen LogP contribution in [0.15, 0.2) is 46.7 Å². The van der Waals surface area contributed by atoms with Gasteiger partial charge in [-0.15, -0.1) is 11.3 Å². The first kappa shape index (κ1) is 18.1. The van der Waals surface area contributed by atoms with Crippen LogP contribution in [0.4, 0.5) is 0 Å². The van der Waals surface area contributed by atoms with Crippen molar-refractivity contribution in [2.24, 2.45) is 0 Å². The number of hydrogen-bond acceptors (Lipinski definition) is 7. The fraction of sp³-hybridized carbons (Fsp3) is 0.200. The summed E-state index contributed by atoms with van der Waals surface area (Å²) in [7, 11) is -1.79. The molecule has 1 aromatic carbocycles. The number of esters is 1. The maximum atomic E-state index is 12.4. The van der Waals surface area contributed by atoms with Crippen molar-refractivity contribution in [3.63, 3.8) is 0 Å². The zero-order valence-corrected chi connectivity index (χ0v) is 14.5. The van der Waals surface area contributed by atoms with Gasteiger partial charge in [0.1, 0.15) is 9.77 Å². The van der Waals surface area contributed by atoms with Gasteiger partial charge in [-0.05, 0) is 17.0 Å². The molecule has 128 valence electrons. The zero-order valence-electron chi connectivity index (χ0n) is 12.9. The monoisotopic (exact) mass is 369 g/mol. The smallest absolute Gasteiger partial charge is 0.349 e. The van der Waals surface area contributed by atoms with E-state index in [0.29, 0.717) is 5.56 Å². The van der Waals surface area contributed by atoms with Gasteiger partial charge in [0.15, 0.2) is 6.10 Å². The Kier molecular flexibility index (Phi) is 5.71.